The fourth-order valence-electron chi connectivity index (χ4n) is 4.32. The average Bonchev–Trinajstić information content (AvgIpc) is 3.26. The first-order chi connectivity index (χ1) is 13.5. The van der Waals surface area contributed by atoms with E-state index in [2.05, 4.69) is 14.9 Å². The lowest BCUT2D eigenvalue weighted by atomic mass is 10.0. The molecule has 0 amide bonds. The zero-order chi connectivity index (χ0) is 19.3. The van der Waals surface area contributed by atoms with Crippen LogP contribution in [-0.4, -0.2) is 41.1 Å². The predicted octanol–water partition coefficient (Wildman–Crippen LogP) is 3.62. The number of hydrogen-bond donors (Lipinski definition) is 0. The Morgan fingerprint density at radius 1 is 0.821 bits per heavy atom. The first kappa shape index (κ1) is 17.2. The SMILES string of the molecule is FC(F)(F)c1cccnc1N1CC2CN(c3cnc4ccccc4n3)CC2C1. The van der Waals surface area contributed by atoms with Gasteiger partial charge in [0.15, 0.2) is 0 Å². The molecule has 0 spiro atoms. The zero-order valence-electron chi connectivity index (χ0n) is 15.0. The van der Waals surface area contributed by atoms with Crippen LogP contribution in [0.25, 0.3) is 11.0 Å². The number of benzene rings is 1. The van der Waals surface area contributed by atoms with E-state index in [-0.39, 0.29) is 17.7 Å². The van der Waals surface area contributed by atoms with Gasteiger partial charge in [0.2, 0.25) is 0 Å². The van der Waals surface area contributed by atoms with Gasteiger partial charge in [-0.3, -0.25) is 4.98 Å². The van der Waals surface area contributed by atoms with Crippen LogP contribution < -0.4 is 9.80 Å². The van der Waals surface area contributed by atoms with Gasteiger partial charge < -0.3 is 9.80 Å². The predicted molar refractivity (Wildman–Crippen MR) is 100 cm³/mol. The first-order valence-electron chi connectivity index (χ1n) is 9.23. The molecular weight excluding hydrogens is 367 g/mol. The molecule has 2 aliphatic heterocycles. The Labute approximate surface area is 159 Å². The maximum atomic E-state index is 13.3. The van der Waals surface area contributed by atoms with E-state index in [9.17, 15) is 13.2 Å². The van der Waals surface area contributed by atoms with Crippen LogP contribution in [0.2, 0.25) is 0 Å². The monoisotopic (exact) mass is 385 g/mol. The topological polar surface area (TPSA) is 45.2 Å². The van der Waals surface area contributed by atoms with E-state index in [1.54, 1.807) is 11.1 Å². The highest BCUT2D eigenvalue weighted by Gasteiger charge is 2.43. The van der Waals surface area contributed by atoms with Crippen LogP contribution in [0.3, 0.4) is 0 Å². The molecule has 2 aliphatic rings. The summed E-state index contributed by atoms with van der Waals surface area (Å²) in [6.45, 7) is 2.68. The molecule has 0 saturated carbocycles. The van der Waals surface area contributed by atoms with Crippen molar-refractivity contribution in [2.75, 3.05) is 36.0 Å². The molecule has 2 saturated heterocycles. The van der Waals surface area contributed by atoms with Gasteiger partial charge in [0.1, 0.15) is 11.6 Å². The van der Waals surface area contributed by atoms with E-state index in [0.717, 1.165) is 36.0 Å². The van der Waals surface area contributed by atoms with Crippen molar-refractivity contribution in [1.82, 2.24) is 15.0 Å². The Morgan fingerprint density at radius 3 is 2.21 bits per heavy atom. The fourth-order valence-corrected chi connectivity index (χ4v) is 4.32. The van der Waals surface area contributed by atoms with E-state index in [1.165, 1.54) is 12.3 Å². The maximum Gasteiger partial charge on any atom is 0.419 e. The van der Waals surface area contributed by atoms with Crippen LogP contribution in [0.15, 0.2) is 48.8 Å². The number of nitrogens with zero attached hydrogens (tertiary/aromatic N) is 5. The molecule has 5 rings (SSSR count). The van der Waals surface area contributed by atoms with Crippen molar-refractivity contribution in [3.05, 3.63) is 54.4 Å². The van der Waals surface area contributed by atoms with Crippen molar-refractivity contribution in [3.8, 4) is 0 Å². The molecular formula is C20H18F3N5. The van der Waals surface area contributed by atoms with Gasteiger partial charge in [-0.1, -0.05) is 12.1 Å². The summed E-state index contributed by atoms with van der Waals surface area (Å²) in [7, 11) is 0. The van der Waals surface area contributed by atoms with Crippen LogP contribution in [0.4, 0.5) is 24.8 Å². The normalized spacial score (nSPS) is 22.1. The van der Waals surface area contributed by atoms with Gasteiger partial charge in [0.05, 0.1) is 22.8 Å². The van der Waals surface area contributed by atoms with E-state index in [0.29, 0.717) is 13.1 Å². The minimum atomic E-state index is -4.39. The number of para-hydroxylation sites is 2. The lowest BCUT2D eigenvalue weighted by Crippen LogP contribution is -2.31. The largest absolute Gasteiger partial charge is 0.419 e. The zero-order valence-corrected chi connectivity index (χ0v) is 15.0. The summed E-state index contributed by atoms with van der Waals surface area (Å²) < 4.78 is 39.9. The molecule has 28 heavy (non-hydrogen) atoms. The third kappa shape index (κ3) is 2.93. The number of hydrogen-bond acceptors (Lipinski definition) is 5. The number of fused-ring (bicyclic) bond motifs is 2. The molecule has 1 aromatic carbocycles. The Morgan fingerprint density at radius 2 is 1.50 bits per heavy atom. The highest BCUT2D eigenvalue weighted by atomic mass is 19.4. The fraction of sp³-hybridized carbons (Fsp3) is 0.350. The van der Waals surface area contributed by atoms with Crippen LogP contribution in [0.5, 0.6) is 0 Å². The van der Waals surface area contributed by atoms with Crippen molar-refractivity contribution in [1.29, 1.82) is 0 Å². The summed E-state index contributed by atoms with van der Waals surface area (Å²) in [5, 5.41) is 0. The van der Waals surface area contributed by atoms with Gasteiger partial charge in [-0.15, -0.1) is 0 Å². The quantitative estimate of drug-likeness (QED) is 0.674. The van der Waals surface area contributed by atoms with Gasteiger partial charge >= 0.3 is 6.18 Å². The molecule has 8 heteroatoms. The molecule has 2 fully saturated rings. The molecule has 0 N–H and O–H groups in total. The second-order valence-corrected chi connectivity index (χ2v) is 7.42. The Bertz CT molecular complexity index is 1010. The summed E-state index contributed by atoms with van der Waals surface area (Å²) in [4.78, 5) is 17.2. The second-order valence-electron chi connectivity index (χ2n) is 7.42. The third-order valence-electron chi connectivity index (χ3n) is 5.64. The molecule has 5 nitrogen and oxygen atoms in total. The number of pyridine rings is 1. The highest BCUT2D eigenvalue weighted by molar-refractivity contribution is 5.75. The minimum Gasteiger partial charge on any atom is -0.355 e. The standard InChI is InChI=1S/C20H18F3N5/c21-20(22,23)15-4-3-7-24-19(15)28-11-13-9-27(10-14(13)12-28)18-8-25-16-5-1-2-6-17(16)26-18/h1-8,13-14H,9-12H2. The molecule has 3 aromatic rings. The van der Waals surface area contributed by atoms with E-state index < -0.39 is 11.7 Å². The smallest absolute Gasteiger partial charge is 0.355 e. The highest BCUT2D eigenvalue weighted by Crippen LogP contribution is 2.40. The van der Waals surface area contributed by atoms with Crippen molar-refractivity contribution in [2.24, 2.45) is 11.8 Å². The van der Waals surface area contributed by atoms with E-state index in [4.69, 9.17) is 4.98 Å². The van der Waals surface area contributed by atoms with Crippen molar-refractivity contribution < 1.29 is 13.2 Å². The lowest BCUT2D eigenvalue weighted by Gasteiger charge is -2.25. The molecule has 2 aromatic heterocycles. The van der Waals surface area contributed by atoms with E-state index in [1.807, 2.05) is 24.3 Å². The first-order valence-corrected chi connectivity index (χ1v) is 9.23. The minimum absolute atomic E-state index is 0.0430. The van der Waals surface area contributed by atoms with Crippen LogP contribution in [0, 0.1) is 11.8 Å². The molecule has 0 aliphatic carbocycles. The van der Waals surface area contributed by atoms with Gasteiger partial charge in [-0.25, -0.2) is 9.97 Å². The van der Waals surface area contributed by atoms with Crippen LogP contribution in [0.1, 0.15) is 5.56 Å². The average molecular weight is 385 g/mol. The third-order valence-corrected chi connectivity index (χ3v) is 5.64. The summed E-state index contributed by atoms with van der Waals surface area (Å²) in [6, 6.07) is 10.2. The summed E-state index contributed by atoms with van der Waals surface area (Å²) in [5.41, 5.74) is 1.04. The lowest BCUT2D eigenvalue weighted by molar-refractivity contribution is -0.137. The molecule has 144 valence electrons. The van der Waals surface area contributed by atoms with Crippen LogP contribution >= 0.6 is 0 Å². The summed E-state index contributed by atoms with van der Waals surface area (Å²) in [6.07, 6.45) is -1.19. The van der Waals surface area contributed by atoms with Crippen molar-refractivity contribution in [3.63, 3.8) is 0 Å². The second kappa shape index (κ2) is 6.32. The molecule has 2 unspecified atom stereocenters. The summed E-state index contributed by atoms with van der Waals surface area (Å²) >= 11 is 0. The molecule has 0 radical (unpaired) electrons. The van der Waals surface area contributed by atoms with Crippen molar-refractivity contribution >= 4 is 22.7 Å². The molecule has 0 bridgehead atoms. The Hall–Kier alpha value is -2.90. The van der Waals surface area contributed by atoms with Gasteiger partial charge in [-0.05, 0) is 24.3 Å². The Kier molecular flexibility index (Phi) is 3.89. The van der Waals surface area contributed by atoms with Gasteiger partial charge in [0, 0.05) is 44.2 Å². The number of halogens is 3. The summed E-state index contributed by atoms with van der Waals surface area (Å²) in [5.74, 6) is 1.45. The number of alkyl halides is 3. The Balaban J connectivity index is 1.34. The van der Waals surface area contributed by atoms with Crippen LogP contribution in [-0.2, 0) is 6.18 Å². The maximum absolute atomic E-state index is 13.3. The number of aromatic nitrogens is 3. The van der Waals surface area contributed by atoms with Gasteiger partial charge in [-0.2, -0.15) is 13.2 Å². The van der Waals surface area contributed by atoms with Gasteiger partial charge in [0.25, 0.3) is 0 Å². The number of anilines is 2. The van der Waals surface area contributed by atoms with Crippen molar-refractivity contribution in [2.45, 2.75) is 6.18 Å². The molecule has 4 heterocycles. The van der Waals surface area contributed by atoms with E-state index >= 15 is 0 Å². The number of rotatable bonds is 2. The molecule has 2 atom stereocenters.